The zero-order chi connectivity index (χ0) is 14.5. The second kappa shape index (κ2) is 6.44. The third kappa shape index (κ3) is 3.31. The van der Waals surface area contributed by atoms with Gasteiger partial charge in [-0.3, -0.25) is 5.43 Å². The molecule has 2 N–H and O–H groups in total. The Bertz CT molecular complexity index is 608. The van der Waals surface area contributed by atoms with Crippen LogP contribution in [0.5, 0.6) is 0 Å². The van der Waals surface area contributed by atoms with Crippen molar-refractivity contribution in [3.8, 4) is 0 Å². The minimum atomic E-state index is -0.393. The number of methoxy groups -OCH3 is 1. The number of nitrogens with zero attached hydrogens (tertiary/aromatic N) is 3. The molecule has 0 aliphatic rings. The van der Waals surface area contributed by atoms with Crippen molar-refractivity contribution in [3.63, 3.8) is 0 Å². The van der Waals surface area contributed by atoms with Crippen molar-refractivity contribution in [1.82, 2.24) is 14.9 Å². The SMILES string of the molecule is CCc1cc(C(=O)OC)c(NC(=S)Nn2cnnc2)s1. The first-order chi connectivity index (χ1) is 9.63. The number of hydrogen-bond acceptors (Lipinski definition) is 6. The number of hydrogen-bond donors (Lipinski definition) is 2. The quantitative estimate of drug-likeness (QED) is 0.656. The van der Waals surface area contributed by atoms with E-state index in [1.54, 1.807) is 6.07 Å². The summed E-state index contributed by atoms with van der Waals surface area (Å²) in [5, 5.41) is 11.3. The molecule has 7 nitrogen and oxygen atoms in total. The summed E-state index contributed by atoms with van der Waals surface area (Å²) < 4.78 is 6.26. The van der Waals surface area contributed by atoms with Gasteiger partial charge in [0.15, 0.2) is 5.11 Å². The second-order valence-electron chi connectivity index (χ2n) is 3.74. The van der Waals surface area contributed by atoms with Crippen molar-refractivity contribution in [3.05, 3.63) is 29.2 Å². The van der Waals surface area contributed by atoms with Gasteiger partial charge in [-0.15, -0.1) is 21.5 Å². The maximum absolute atomic E-state index is 11.7. The smallest absolute Gasteiger partial charge is 0.340 e. The number of thiocarbonyl (C=S) groups is 1. The Hall–Kier alpha value is -2.00. The molecule has 0 fully saturated rings. The Labute approximate surface area is 124 Å². The van der Waals surface area contributed by atoms with Crippen molar-refractivity contribution in [2.24, 2.45) is 0 Å². The molecule has 0 unspecified atom stereocenters. The van der Waals surface area contributed by atoms with Gasteiger partial charge in [0.1, 0.15) is 17.7 Å². The van der Waals surface area contributed by atoms with E-state index in [0.717, 1.165) is 11.3 Å². The molecular weight excluding hydrogens is 298 g/mol. The fraction of sp³-hybridized carbons (Fsp3) is 0.273. The van der Waals surface area contributed by atoms with E-state index in [4.69, 9.17) is 17.0 Å². The molecule has 2 aromatic heterocycles. The molecule has 0 spiro atoms. The first-order valence-electron chi connectivity index (χ1n) is 5.77. The van der Waals surface area contributed by atoms with Gasteiger partial charge in [0.25, 0.3) is 0 Å². The lowest BCUT2D eigenvalue weighted by atomic mass is 10.2. The Morgan fingerprint density at radius 3 is 2.80 bits per heavy atom. The highest BCUT2D eigenvalue weighted by Crippen LogP contribution is 2.29. The maximum atomic E-state index is 11.7. The van der Waals surface area contributed by atoms with Crippen LogP contribution in [0.4, 0.5) is 5.00 Å². The second-order valence-corrected chi connectivity index (χ2v) is 5.28. The van der Waals surface area contributed by atoms with Crippen LogP contribution in [0.3, 0.4) is 0 Å². The Morgan fingerprint density at radius 1 is 1.50 bits per heavy atom. The summed E-state index contributed by atoms with van der Waals surface area (Å²) in [4.78, 5) is 12.8. The van der Waals surface area contributed by atoms with Gasteiger partial charge < -0.3 is 10.1 Å². The van der Waals surface area contributed by atoms with Crippen LogP contribution in [0.15, 0.2) is 18.7 Å². The molecule has 9 heteroatoms. The summed E-state index contributed by atoms with van der Waals surface area (Å²) >= 11 is 6.63. The highest BCUT2D eigenvalue weighted by molar-refractivity contribution is 7.80. The third-order valence-corrected chi connectivity index (χ3v) is 3.80. The molecule has 0 radical (unpaired) electrons. The van der Waals surface area contributed by atoms with Crippen molar-refractivity contribution >= 4 is 39.6 Å². The van der Waals surface area contributed by atoms with Crippen molar-refractivity contribution in [1.29, 1.82) is 0 Å². The van der Waals surface area contributed by atoms with Gasteiger partial charge in [-0.25, -0.2) is 9.47 Å². The summed E-state index contributed by atoms with van der Waals surface area (Å²) in [6.45, 7) is 2.02. The zero-order valence-electron chi connectivity index (χ0n) is 10.9. The van der Waals surface area contributed by atoms with Crippen molar-refractivity contribution < 1.29 is 9.53 Å². The van der Waals surface area contributed by atoms with E-state index in [2.05, 4.69) is 20.9 Å². The van der Waals surface area contributed by atoms with Gasteiger partial charge >= 0.3 is 5.97 Å². The van der Waals surface area contributed by atoms with Crippen LogP contribution in [0.25, 0.3) is 0 Å². The average molecular weight is 311 g/mol. The van der Waals surface area contributed by atoms with Gasteiger partial charge in [-0.2, -0.15) is 0 Å². The summed E-state index contributed by atoms with van der Waals surface area (Å²) in [6, 6.07) is 1.81. The lowest BCUT2D eigenvalue weighted by Crippen LogP contribution is -2.26. The molecule has 0 saturated carbocycles. The normalized spacial score (nSPS) is 10.1. The molecule has 2 aromatic rings. The molecule has 0 aromatic carbocycles. The number of rotatable bonds is 4. The monoisotopic (exact) mass is 311 g/mol. The lowest BCUT2D eigenvalue weighted by molar-refractivity contribution is 0.0602. The largest absolute Gasteiger partial charge is 0.465 e. The molecule has 0 bridgehead atoms. The van der Waals surface area contributed by atoms with Crippen LogP contribution < -0.4 is 10.7 Å². The zero-order valence-corrected chi connectivity index (χ0v) is 12.5. The first-order valence-corrected chi connectivity index (χ1v) is 7.00. The molecule has 0 aliphatic carbocycles. The van der Waals surface area contributed by atoms with Gasteiger partial charge in [0, 0.05) is 4.88 Å². The summed E-state index contributed by atoms with van der Waals surface area (Å²) in [5.41, 5.74) is 3.32. The van der Waals surface area contributed by atoms with Gasteiger partial charge in [0.05, 0.1) is 12.7 Å². The number of nitrogens with one attached hydrogen (secondary N) is 2. The molecule has 0 amide bonds. The Balaban J connectivity index is 2.13. The fourth-order valence-electron chi connectivity index (χ4n) is 1.48. The predicted molar refractivity (Wildman–Crippen MR) is 80.6 cm³/mol. The Morgan fingerprint density at radius 2 is 2.20 bits per heavy atom. The summed E-state index contributed by atoms with van der Waals surface area (Å²) in [7, 11) is 1.35. The van der Waals surface area contributed by atoms with Crippen LogP contribution in [0, 0.1) is 0 Å². The third-order valence-electron chi connectivity index (χ3n) is 2.41. The predicted octanol–water partition coefficient (Wildman–Crippen LogP) is 1.63. The molecule has 0 saturated heterocycles. The first kappa shape index (κ1) is 14.4. The fourth-order valence-corrected chi connectivity index (χ4v) is 2.74. The number of aromatic nitrogens is 3. The van der Waals surface area contributed by atoms with Crippen LogP contribution in [0.1, 0.15) is 22.2 Å². The maximum Gasteiger partial charge on any atom is 0.340 e. The standard InChI is InChI=1S/C11H13N5O2S2/c1-3-7-4-8(10(17)18-2)9(20-7)14-11(19)15-16-5-12-13-6-16/h4-6H,3H2,1-2H3,(H2,14,15,19). The molecule has 0 aliphatic heterocycles. The highest BCUT2D eigenvalue weighted by Gasteiger charge is 2.17. The number of anilines is 1. The highest BCUT2D eigenvalue weighted by atomic mass is 32.1. The number of aryl methyl sites for hydroxylation is 1. The number of ether oxygens (including phenoxy) is 1. The summed E-state index contributed by atoms with van der Waals surface area (Å²) in [5.74, 6) is -0.393. The number of thiophene rings is 1. The molecule has 20 heavy (non-hydrogen) atoms. The van der Waals surface area contributed by atoms with E-state index in [-0.39, 0.29) is 0 Å². The topological polar surface area (TPSA) is 81.1 Å². The van der Waals surface area contributed by atoms with Gasteiger partial charge in [0.2, 0.25) is 0 Å². The van der Waals surface area contributed by atoms with E-state index in [9.17, 15) is 4.79 Å². The number of carbonyl (C=O) groups excluding carboxylic acids is 1. The average Bonchev–Trinajstić information content (AvgIpc) is 3.07. The van der Waals surface area contributed by atoms with Gasteiger partial charge in [-0.05, 0) is 24.7 Å². The van der Waals surface area contributed by atoms with E-state index in [0.29, 0.717) is 15.7 Å². The van der Waals surface area contributed by atoms with E-state index in [1.807, 2.05) is 6.92 Å². The molecule has 0 atom stereocenters. The molecule has 2 rings (SSSR count). The lowest BCUT2D eigenvalue weighted by Gasteiger charge is -2.09. The Kier molecular flexibility index (Phi) is 4.64. The number of carbonyl (C=O) groups is 1. The van der Waals surface area contributed by atoms with Crippen molar-refractivity contribution in [2.75, 3.05) is 17.9 Å². The van der Waals surface area contributed by atoms with E-state index >= 15 is 0 Å². The van der Waals surface area contributed by atoms with Crippen LogP contribution >= 0.6 is 23.6 Å². The molecule has 2 heterocycles. The molecular formula is C11H13N5O2S2. The van der Waals surface area contributed by atoms with E-state index in [1.165, 1.54) is 35.8 Å². The van der Waals surface area contributed by atoms with Crippen LogP contribution in [-0.4, -0.2) is 33.1 Å². The minimum absolute atomic E-state index is 0.333. The van der Waals surface area contributed by atoms with E-state index < -0.39 is 5.97 Å². The van der Waals surface area contributed by atoms with Crippen molar-refractivity contribution in [2.45, 2.75) is 13.3 Å². The minimum Gasteiger partial charge on any atom is -0.465 e. The van der Waals surface area contributed by atoms with Crippen LogP contribution in [-0.2, 0) is 11.2 Å². The molecule has 106 valence electrons. The van der Waals surface area contributed by atoms with Crippen LogP contribution in [0.2, 0.25) is 0 Å². The van der Waals surface area contributed by atoms with Gasteiger partial charge in [-0.1, -0.05) is 6.92 Å². The number of esters is 1. The summed E-state index contributed by atoms with van der Waals surface area (Å²) in [6.07, 6.45) is 3.78.